The average molecular weight is 835 g/mol. The van der Waals surface area contributed by atoms with Crippen molar-refractivity contribution in [3.8, 4) is 69.0 Å². The summed E-state index contributed by atoms with van der Waals surface area (Å²) in [6.45, 7) is -0.980. The summed E-state index contributed by atoms with van der Waals surface area (Å²) in [7, 11) is 8.30. The van der Waals surface area contributed by atoms with E-state index in [9.17, 15) is 40.5 Å². The zero-order valence-corrected chi connectivity index (χ0v) is 33.5. The minimum absolute atomic E-state index is 0.0508. The molecule has 1 aliphatic carbocycles. The first kappa shape index (κ1) is 42.6. The summed E-state index contributed by atoms with van der Waals surface area (Å²) in [5, 5.41) is 76.3. The van der Waals surface area contributed by atoms with Crippen molar-refractivity contribution >= 4 is 17.8 Å². The predicted molar refractivity (Wildman–Crippen MR) is 213 cm³/mol. The predicted octanol–water partition coefficient (Wildman–Crippen LogP) is 5.35. The van der Waals surface area contributed by atoms with E-state index >= 15 is 0 Å². The van der Waals surface area contributed by atoms with Crippen LogP contribution in [-0.2, 0) is 16.0 Å². The first-order chi connectivity index (χ1) is 28.8. The largest absolute Gasteiger partial charge is 0.505 e. The van der Waals surface area contributed by atoms with E-state index in [-0.39, 0.29) is 82.0 Å². The fourth-order valence-corrected chi connectivity index (χ4v) is 7.59. The lowest BCUT2D eigenvalue weighted by atomic mass is 9.66. The molecule has 0 amide bonds. The third kappa shape index (κ3) is 7.90. The molecule has 4 atom stereocenters. The Bertz CT molecular complexity index is 2270. The van der Waals surface area contributed by atoms with Gasteiger partial charge in [0.05, 0.1) is 49.3 Å². The van der Waals surface area contributed by atoms with E-state index in [0.717, 1.165) is 6.08 Å². The van der Waals surface area contributed by atoms with Crippen LogP contribution in [0.5, 0.6) is 69.0 Å². The standard InChI is InChI=1S/C43H46O17/c1-52-27-11-20(12-28(53-2)37(27)46)7-10-33(45)59-19-32-40(49)42(51)36-25(60-32)8-9-26(39(36)48)58-18-24-23(17-44)13-21-14-31(56-5)41(50)43(57-6)35(21)34(24)22-15-29(54-3)38(47)30(16-22)55-4/h7-12,14-16,23-24,32,34,44,46-51H,13,17-19H2,1-6H3/b10-7+/t23-,24-,32+,34+/m0/s1. The van der Waals surface area contributed by atoms with Gasteiger partial charge in [-0.3, -0.25) is 0 Å². The van der Waals surface area contributed by atoms with Crippen molar-refractivity contribution in [3.63, 3.8) is 0 Å². The van der Waals surface area contributed by atoms with Gasteiger partial charge in [0.1, 0.15) is 17.9 Å². The third-order valence-corrected chi connectivity index (χ3v) is 10.6. The summed E-state index contributed by atoms with van der Waals surface area (Å²) in [6, 6.07) is 10.6. The minimum Gasteiger partial charge on any atom is -0.505 e. The molecule has 0 aromatic heterocycles. The number of fused-ring (bicyclic) bond motifs is 2. The number of benzene rings is 4. The fourth-order valence-electron chi connectivity index (χ4n) is 7.59. The molecule has 0 fully saturated rings. The lowest BCUT2D eigenvalue weighted by Crippen LogP contribution is -2.37. The Hall–Kier alpha value is -7.01. The second kappa shape index (κ2) is 17.9. The molecule has 1 aliphatic heterocycles. The van der Waals surface area contributed by atoms with Crippen LogP contribution in [0, 0.1) is 11.8 Å². The van der Waals surface area contributed by atoms with E-state index in [0.29, 0.717) is 28.7 Å². The number of ether oxygens (including phenoxy) is 9. The van der Waals surface area contributed by atoms with Gasteiger partial charge >= 0.3 is 5.97 Å². The van der Waals surface area contributed by atoms with Gasteiger partial charge in [0.15, 0.2) is 63.6 Å². The van der Waals surface area contributed by atoms with Gasteiger partial charge in [-0.05, 0) is 77.6 Å². The highest BCUT2D eigenvalue weighted by Crippen LogP contribution is 2.55. The Morgan fingerprint density at radius 1 is 0.717 bits per heavy atom. The van der Waals surface area contributed by atoms with E-state index < -0.39 is 53.7 Å². The fraction of sp³-hybridized carbons (Fsp3) is 0.326. The van der Waals surface area contributed by atoms with E-state index in [2.05, 4.69) is 0 Å². The van der Waals surface area contributed by atoms with Gasteiger partial charge < -0.3 is 78.4 Å². The number of aromatic hydroxyl groups is 4. The smallest absolute Gasteiger partial charge is 0.330 e. The van der Waals surface area contributed by atoms with Crippen LogP contribution in [-0.4, -0.2) is 110 Å². The minimum atomic E-state index is -1.34. The number of carbonyl (C=O) groups is 1. The molecule has 7 N–H and O–H groups in total. The van der Waals surface area contributed by atoms with Crippen LogP contribution in [0.4, 0.5) is 0 Å². The monoisotopic (exact) mass is 834 g/mol. The molecule has 4 aromatic rings. The molecule has 17 nitrogen and oxygen atoms in total. The number of esters is 1. The van der Waals surface area contributed by atoms with Crippen molar-refractivity contribution < 1.29 is 83.2 Å². The molecule has 60 heavy (non-hydrogen) atoms. The molecule has 0 bridgehead atoms. The summed E-state index contributed by atoms with van der Waals surface area (Å²) in [5.41, 5.74) is 1.99. The molecule has 6 rings (SSSR count). The van der Waals surface area contributed by atoms with Crippen LogP contribution in [0.3, 0.4) is 0 Å². The number of aliphatic hydroxyl groups is 3. The number of phenolic OH excluding ortho intramolecular Hbond substituents is 4. The SMILES string of the molecule is COc1cc(/C=C/C(=O)OC[C@H]2Oc3ccc(OC[C@H]4[C@H](CO)Cc5cc(OC)c(O)c(OC)c5[C@@H]4c4cc(OC)c(O)c(OC)c4)c(O)c3C(O)=C2O)cc(OC)c1O. The van der Waals surface area contributed by atoms with Crippen LogP contribution >= 0.6 is 0 Å². The lowest BCUT2D eigenvalue weighted by molar-refractivity contribution is -0.140. The number of hydrogen-bond acceptors (Lipinski definition) is 17. The first-order valence-corrected chi connectivity index (χ1v) is 18.4. The Balaban J connectivity index is 1.27. The molecule has 0 spiro atoms. The van der Waals surface area contributed by atoms with E-state index in [4.69, 9.17) is 42.6 Å². The lowest BCUT2D eigenvalue weighted by Gasteiger charge is -2.40. The zero-order valence-electron chi connectivity index (χ0n) is 33.5. The van der Waals surface area contributed by atoms with Gasteiger partial charge in [-0.1, -0.05) is 0 Å². The van der Waals surface area contributed by atoms with Crippen molar-refractivity contribution in [2.24, 2.45) is 11.8 Å². The van der Waals surface area contributed by atoms with Crippen LogP contribution in [0.1, 0.15) is 33.7 Å². The summed E-state index contributed by atoms with van der Waals surface area (Å²) in [4.78, 5) is 12.6. The molecule has 0 saturated heterocycles. The van der Waals surface area contributed by atoms with Gasteiger partial charge in [-0.2, -0.15) is 0 Å². The quantitative estimate of drug-likeness (QED) is 0.0589. The topological polar surface area (TPSA) is 242 Å². The molecular weight excluding hydrogens is 788 g/mol. The molecule has 0 saturated carbocycles. The van der Waals surface area contributed by atoms with E-state index in [1.54, 1.807) is 18.2 Å². The van der Waals surface area contributed by atoms with Gasteiger partial charge in [0, 0.05) is 30.1 Å². The molecule has 320 valence electrons. The highest BCUT2D eigenvalue weighted by molar-refractivity contribution is 5.87. The van der Waals surface area contributed by atoms with Crippen LogP contribution < -0.4 is 37.9 Å². The second-order valence-corrected chi connectivity index (χ2v) is 13.8. The summed E-state index contributed by atoms with van der Waals surface area (Å²) in [5.74, 6) is -4.76. The summed E-state index contributed by atoms with van der Waals surface area (Å²) >= 11 is 0. The maximum atomic E-state index is 12.6. The Morgan fingerprint density at radius 2 is 1.30 bits per heavy atom. The highest BCUT2D eigenvalue weighted by atomic mass is 16.6. The molecule has 0 radical (unpaired) electrons. The van der Waals surface area contributed by atoms with Gasteiger partial charge in [-0.25, -0.2) is 4.79 Å². The normalized spacial score (nSPS) is 18.2. The Morgan fingerprint density at radius 3 is 1.87 bits per heavy atom. The first-order valence-electron chi connectivity index (χ1n) is 18.4. The van der Waals surface area contributed by atoms with Gasteiger partial charge in [0.2, 0.25) is 17.2 Å². The van der Waals surface area contributed by atoms with Crippen molar-refractivity contribution in [1.82, 2.24) is 0 Å². The Kier molecular flexibility index (Phi) is 12.7. The maximum Gasteiger partial charge on any atom is 0.330 e. The number of hydrogen-bond donors (Lipinski definition) is 7. The molecule has 17 heteroatoms. The molecule has 2 aliphatic rings. The average Bonchev–Trinajstić information content (AvgIpc) is 3.25. The summed E-state index contributed by atoms with van der Waals surface area (Å²) in [6.07, 6.45) is 1.45. The molecule has 0 unspecified atom stereocenters. The van der Waals surface area contributed by atoms with Crippen LogP contribution in [0.2, 0.25) is 0 Å². The maximum absolute atomic E-state index is 12.6. The number of carbonyl (C=O) groups excluding carboxylic acids is 1. The number of rotatable bonds is 15. The molecule has 1 heterocycles. The number of methoxy groups -OCH3 is 6. The van der Waals surface area contributed by atoms with Crippen LogP contribution in [0.15, 0.2) is 54.3 Å². The van der Waals surface area contributed by atoms with Crippen molar-refractivity contribution in [2.45, 2.75) is 18.4 Å². The number of phenols is 4. The number of aliphatic hydroxyl groups excluding tert-OH is 3. The second-order valence-electron chi connectivity index (χ2n) is 13.8. The van der Waals surface area contributed by atoms with Gasteiger partial charge in [-0.15, -0.1) is 0 Å². The van der Waals surface area contributed by atoms with E-state index in [1.807, 2.05) is 0 Å². The Labute approximate surface area is 344 Å². The molecular formula is C43H46O17. The van der Waals surface area contributed by atoms with Crippen molar-refractivity contribution in [1.29, 1.82) is 0 Å². The van der Waals surface area contributed by atoms with Crippen LogP contribution in [0.25, 0.3) is 11.8 Å². The van der Waals surface area contributed by atoms with Crippen molar-refractivity contribution in [2.75, 3.05) is 62.5 Å². The summed E-state index contributed by atoms with van der Waals surface area (Å²) < 4.78 is 49.7. The van der Waals surface area contributed by atoms with Gasteiger partial charge in [0.25, 0.3) is 0 Å². The van der Waals surface area contributed by atoms with Crippen molar-refractivity contribution in [3.05, 3.63) is 82.1 Å². The third-order valence-electron chi connectivity index (χ3n) is 10.6. The van der Waals surface area contributed by atoms with E-state index in [1.165, 1.54) is 73.0 Å². The zero-order chi connectivity index (χ0) is 43.4. The highest BCUT2D eigenvalue weighted by Gasteiger charge is 2.43. The molecule has 4 aromatic carbocycles.